The van der Waals surface area contributed by atoms with Crippen molar-refractivity contribution < 1.29 is 55.8 Å². The van der Waals surface area contributed by atoms with Gasteiger partial charge in [-0.1, -0.05) is 5.11 Å². The molecule has 1 aliphatic heterocycles. The largest absolute Gasteiger partial charge is 0.510 e. The summed E-state index contributed by atoms with van der Waals surface area (Å²) in [4.78, 5) is 51.3. The maximum Gasteiger partial charge on any atom is 0.510 e. The summed E-state index contributed by atoms with van der Waals surface area (Å²) in [5.74, 6) is 0. The van der Waals surface area contributed by atoms with Gasteiger partial charge < -0.3 is 23.7 Å². The predicted molar refractivity (Wildman–Crippen MR) is 129 cm³/mol. The second-order valence-electron chi connectivity index (χ2n) is 8.65. The second-order valence-corrected chi connectivity index (χ2v) is 10.3. The van der Waals surface area contributed by atoms with E-state index in [2.05, 4.69) is 19.5 Å². The zero-order valence-electron chi connectivity index (χ0n) is 21.9. The lowest BCUT2D eigenvalue weighted by Gasteiger charge is -2.29. The number of phosphoric acid groups is 1. The van der Waals surface area contributed by atoms with E-state index >= 15 is 4.39 Å². The van der Waals surface area contributed by atoms with Crippen LogP contribution in [0.4, 0.5) is 14.0 Å². The second kappa shape index (κ2) is 14.8. The van der Waals surface area contributed by atoms with Crippen LogP contribution < -0.4 is 11.2 Å². The molecule has 0 aliphatic carbocycles. The third-order valence-electron chi connectivity index (χ3n) is 4.72. The molecule has 1 aliphatic rings. The monoisotopic (exact) mass is 597 g/mol. The van der Waals surface area contributed by atoms with Crippen LogP contribution in [0.2, 0.25) is 0 Å². The minimum Gasteiger partial charge on any atom is -0.432 e. The van der Waals surface area contributed by atoms with Gasteiger partial charge >= 0.3 is 25.8 Å². The summed E-state index contributed by atoms with van der Waals surface area (Å²) in [5, 5.41) is 3.37. The lowest BCUT2D eigenvalue weighted by molar-refractivity contribution is -0.106. The van der Waals surface area contributed by atoms with Crippen molar-refractivity contribution in [2.24, 2.45) is 5.11 Å². The van der Waals surface area contributed by atoms with Crippen molar-refractivity contribution in [1.29, 1.82) is 0 Å². The fourth-order valence-corrected chi connectivity index (χ4v) is 4.11. The standard InChI is InChI=1S/C20H29FN5O13P/c1-12(2)37-18(29)32-10-35-40(31,36-11-33-19(30)38-13(3)4)34-9-20(8-23-25-22)7-14(21)16(39-20)26-6-5-15(27)24-17(26)28/h5-6,12-14,16H,7-11H2,1-4H3,(H,24,27,28)/t14-,16-,20-/m1/s1. The number of nitrogens with zero attached hydrogens (tertiary/aromatic N) is 4. The SMILES string of the molecule is CC(C)OC(=O)OCOP(=O)(OCOC(=O)OC(C)C)OC[C@]1(CN=[N+]=[N-])C[C@@H](F)[C@H](n2ccc(=O)[nH]c2=O)O1. The molecule has 2 heterocycles. The molecule has 0 saturated carbocycles. The summed E-state index contributed by atoms with van der Waals surface area (Å²) in [6, 6.07) is 0.964. The van der Waals surface area contributed by atoms with Gasteiger partial charge in [0.05, 0.1) is 25.4 Å². The van der Waals surface area contributed by atoms with Crippen molar-refractivity contribution in [3.8, 4) is 0 Å². The van der Waals surface area contributed by atoms with Crippen molar-refractivity contribution in [2.75, 3.05) is 26.7 Å². The molecule has 1 fully saturated rings. The zero-order valence-corrected chi connectivity index (χ0v) is 22.8. The zero-order chi connectivity index (χ0) is 29.9. The molecule has 0 unspecified atom stereocenters. The first-order chi connectivity index (χ1) is 18.8. The van der Waals surface area contributed by atoms with Gasteiger partial charge in [-0.15, -0.1) is 0 Å². The predicted octanol–water partition coefficient (Wildman–Crippen LogP) is 3.04. The van der Waals surface area contributed by atoms with Crippen molar-refractivity contribution in [2.45, 2.75) is 64.3 Å². The smallest absolute Gasteiger partial charge is 0.432 e. The molecule has 1 saturated heterocycles. The van der Waals surface area contributed by atoms with E-state index in [0.29, 0.717) is 0 Å². The van der Waals surface area contributed by atoms with Crippen LogP contribution in [0.3, 0.4) is 0 Å². The summed E-state index contributed by atoms with van der Waals surface area (Å²) in [6.07, 6.45) is -6.43. The first kappa shape index (κ1) is 32.7. The number of aromatic nitrogens is 2. The Kier molecular flexibility index (Phi) is 12.1. The quantitative estimate of drug-likeness (QED) is 0.0813. The van der Waals surface area contributed by atoms with Gasteiger partial charge in [-0.25, -0.2) is 32.4 Å². The lowest BCUT2D eigenvalue weighted by Crippen LogP contribution is -2.39. The van der Waals surface area contributed by atoms with Crippen LogP contribution in [0.5, 0.6) is 0 Å². The molecule has 1 N–H and O–H groups in total. The number of hydrogen-bond donors (Lipinski definition) is 1. The Bertz CT molecular complexity index is 1200. The third kappa shape index (κ3) is 10.3. The van der Waals surface area contributed by atoms with Gasteiger partial charge in [-0.3, -0.25) is 18.9 Å². The highest BCUT2D eigenvalue weighted by molar-refractivity contribution is 7.48. The molecule has 0 radical (unpaired) electrons. The third-order valence-corrected chi connectivity index (χ3v) is 6.01. The maximum absolute atomic E-state index is 15.0. The van der Waals surface area contributed by atoms with Crippen molar-refractivity contribution >= 4 is 20.1 Å². The van der Waals surface area contributed by atoms with Gasteiger partial charge in [0.25, 0.3) is 5.56 Å². The number of halogens is 1. The topological polar surface area (TPSA) is 229 Å². The number of nitrogens with one attached hydrogen (secondary N) is 1. The number of carbonyl (C=O) groups excluding carboxylic acids is 2. The van der Waals surface area contributed by atoms with Crippen molar-refractivity contribution in [3.63, 3.8) is 0 Å². The van der Waals surface area contributed by atoms with Crippen LogP contribution in [0, 0.1) is 0 Å². The summed E-state index contributed by atoms with van der Waals surface area (Å²) in [7, 11) is -4.77. The van der Waals surface area contributed by atoms with Gasteiger partial charge in [-0.05, 0) is 33.2 Å². The van der Waals surface area contributed by atoms with Gasteiger partial charge in [0.1, 0.15) is 11.8 Å². The fourth-order valence-electron chi connectivity index (χ4n) is 3.13. The molecule has 224 valence electrons. The lowest BCUT2D eigenvalue weighted by atomic mass is 10.0. The number of rotatable bonds is 14. The van der Waals surface area contributed by atoms with Gasteiger partial charge in [0.2, 0.25) is 13.6 Å². The molecule has 2 rings (SSSR count). The number of azide groups is 1. The molecule has 0 amide bonds. The summed E-state index contributed by atoms with van der Waals surface area (Å²) >= 11 is 0. The average molecular weight is 597 g/mol. The first-order valence-electron chi connectivity index (χ1n) is 11.6. The number of hydrogen-bond acceptors (Lipinski definition) is 14. The molecule has 1 aromatic heterocycles. The van der Waals surface area contributed by atoms with Crippen LogP contribution in [-0.2, 0) is 41.8 Å². The Morgan fingerprint density at radius 3 is 2.25 bits per heavy atom. The minimum absolute atomic E-state index is 0.531. The van der Waals surface area contributed by atoms with E-state index in [4.69, 9.17) is 33.3 Å². The highest BCUT2D eigenvalue weighted by atomic mass is 31.2. The van der Waals surface area contributed by atoms with E-state index in [1.807, 2.05) is 4.98 Å². The van der Waals surface area contributed by atoms with Crippen LogP contribution in [0.25, 0.3) is 10.4 Å². The first-order valence-corrected chi connectivity index (χ1v) is 13.1. The molecule has 40 heavy (non-hydrogen) atoms. The molecule has 20 heteroatoms. The van der Waals surface area contributed by atoms with Gasteiger partial charge in [0.15, 0.2) is 6.23 Å². The van der Waals surface area contributed by atoms with E-state index in [1.54, 1.807) is 27.7 Å². The van der Waals surface area contributed by atoms with Crippen molar-refractivity contribution in [3.05, 3.63) is 43.5 Å². The van der Waals surface area contributed by atoms with Gasteiger partial charge in [0, 0.05) is 23.6 Å². The number of phosphoric ester groups is 1. The number of aromatic amines is 1. The molecule has 0 spiro atoms. The van der Waals surface area contributed by atoms with Crippen LogP contribution >= 0.6 is 7.82 Å². The highest BCUT2D eigenvalue weighted by Gasteiger charge is 2.49. The van der Waals surface area contributed by atoms with Gasteiger partial charge in [-0.2, -0.15) is 0 Å². The Morgan fingerprint density at radius 1 is 1.18 bits per heavy atom. The van der Waals surface area contributed by atoms with Crippen LogP contribution in [-0.4, -0.2) is 72.6 Å². The molecule has 0 bridgehead atoms. The van der Waals surface area contributed by atoms with E-state index < -0.39 is 94.7 Å². The summed E-state index contributed by atoms with van der Waals surface area (Å²) < 4.78 is 68.6. The average Bonchev–Trinajstić information content (AvgIpc) is 3.17. The summed E-state index contributed by atoms with van der Waals surface area (Å²) in [6.45, 7) is 2.79. The number of carbonyl (C=O) groups is 2. The van der Waals surface area contributed by atoms with Crippen LogP contribution in [0.15, 0.2) is 27.0 Å². The maximum atomic E-state index is 15.0. The Hall–Kier alpha value is -3.47. The number of ether oxygens (including phenoxy) is 5. The molecule has 3 atom stereocenters. The fraction of sp³-hybridized carbons (Fsp3) is 0.700. The molecular formula is C20H29FN5O13P. The molecule has 18 nitrogen and oxygen atoms in total. The Labute approximate surface area is 225 Å². The minimum atomic E-state index is -4.77. The molecule has 1 aromatic rings. The molecule has 0 aromatic carbocycles. The van der Waals surface area contributed by atoms with Crippen LogP contribution in [0.1, 0.15) is 40.3 Å². The number of H-pyrrole nitrogens is 1. The van der Waals surface area contributed by atoms with E-state index in [1.165, 1.54) is 0 Å². The van der Waals surface area contributed by atoms with E-state index in [-0.39, 0.29) is 0 Å². The highest BCUT2D eigenvalue weighted by Crippen LogP contribution is 2.51. The Balaban J connectivity index is 2.20. The molecular weight excluding hydrogens is 568 g/mol. The van der Waals surface area contributed by atoms with E-state index in [0.717, 1.165) is 16.8 Å². The summed E-state index contributed by atoms with van der Waals surface area (Å²) in [5.41, 5.74) is 5.28. The van der Waals surface area contributed by atoms with Crippen molar-refractivity contribution in [1.82, 2.24) is 9.55 Å². The van der Waals surface area contributed by atoms with E-state index in [9.17, 15) is 23.7 Å². The normalized spacial score (nSPS) is 20.7. The Morgan fingerprint density at radius 2 is 1.75 bits per heavy atom. The number of alkyl halides is 1.